The predicted octanol–water partition coefficient (Wildman–Crippen LogP) is 3.59. The number of aryl methyl sites for hydroxylation is 2. The number of nitrogens with zero attached hydrogens (tertiary/aromatic N) is 1. The van der Waals surface area contributed by atoms with Crippen molar-refractivity contribution in [3.05, 3.63) is 58.7 Å². The molecule has 0 unspecified atom stereocenters. The fraction of sp³-hybridized carbons (Fsp3) is 0.235. The van der Waals surface area contributed by atoms with Gasteiger partial charge in [0.25, 0.3) is 5.91 Å². The van der Waals surface area contributed by atoms with Gasteiger partial charge in [0.2, 0.25) is 0 Å². The van der Waals surface area contributed by atoms with E-state index in [0.29, 0.717) is 11.1 Å². The zero-order chi connectivity index (χ0) is 14.9. The van der Waals surface area contributed by atoms with Crippen LogP contribution in [0.2, 0.25) is 0 Å². The van der Waals surface area contributed by atoms with E-state index < -0.39 is 0 Å². The SMILES string of the molecule is Cc1cc(C)cc(N(C)C(=O)c2cccc(O)c2C)c1. The standard InChI is InChI=1S/C17H19NO2/c1-11-8-12(2)10-14(9-11)18(4)17(20)15-6-5-7-16(19)13(15)3/h5-10,19H,1-4H3. The van der Waals surface area contributed by atoms with Gasteiger partial charge in [-0.2, -0.15) is 0 Å². The van der Waals surface area contributed by atoms with Crippen molar-refractivity contribution in [2.75, 3.05) is 11.9 Å². The van der Waals surface area contributed by atoms with Crippen molar-refractivity contribution < 1.29 is 9.90 Å². The lowest BCUT2D eigenvalue weighted by Gasteiger charge is -2.20. The highest BCUT2D eigenvalue weighted by Gasteiger charge is 2.17. The van der Waals surface area contributed by atoms with Crippen LogP contribution in [-0.2, 0) is 0 Å². The smallest absolute Gasteiger partial charge is 0.258 e. The van der Waals surface area contributed by atoms with E-state index in [4.69, 9.17) is 0 Å². The fourth-order valence-electron chi connectivity index (χ4n) is 2.30. The molecular formula is C17H19NO2. The number of hydrogen-bond donors (Lipinski definition) is 1. The Morgan fingerprint density at radius 1 is 1.05 bits per heavy atom. The largest absolute Gasteiger partial charge is 0.508 e. The molecule has 0 saturated carbocycles. The van der Waals surface area contributed by atoms with Gasteiger partial charge in [-0.25, -0.2) is 0 Å². The number of amides is 1. The number of anilines is 1. The maximum absolute atomic E-state index is 12.6. The van der Waals surface area contributed by atoms with E-state index in [-0.39, 0.29) is 11.7 Å². The van der Waals surface area contributed by atoms with Gasteiger partial charge in [-0.15, -0.1) is 0 Å². The van der Waals surface area contributed by atoms with Crippen LogP contribution in [0.15, 0.2) is 36.4 Å². The van der Waals surface area contributed by atoms with Crippen molar-refractivity contribution in [1.29, 1.82) is 0 Å². The summed E-state index contributed by atoms with van der Waals surface area (Å²) in [6.45, 7) is 5.76. The first kappa shape index (κ1) is 14.1. The van der Waals surface area contributed by atoms with Gasteiger partial charge in [0.15, 0.2) is 0 Å². The molecule has 20 heavy (non-hydrogen) atoms. The molecule has 2 aromatic rings. The summed E-state index contributed by atoms with van der Waals surface area (Å²) in [5, 5.41) is 9.72. The van der Waals surface area contributed by atoms with Crippen molar-refractivity contribution in [2.24, 2.45) is 0 Å². The van der Waals surface area contributed by atoms with E-state index in [0.717, 1.165) is 16.8 Å². The zero-order valence-electron chi connectivity index (χ0n) is 12.3. The molecule has 0 aliphatic heterocycles. The van der Waals surface area contributed by atoms with Gasteiger partial charge in [-0.05, 0) is 56.2 Å². The van der Waals surface area contributed by atoms with Crippen molar-refractivity contribution >= 4 is 11.6 Å². The lowest BCUT2D eigenvalue weighted by molar-refractivity contribution is 0.0992. The summed E-state index contributed by atoms with van der Waals surface area (Å²) < 4.78 is 0. The average molecular weight is 269 g/mol. The fourth-order valence-corrected chi connectivity index (χ4v) is 2.30. The highest BCUT2D eigenvalue weighted by atomic mass is 16.3. The van der Waals surface area contributed by atoms with E-state index in [1.807, 2.05) is 26.0 Å². The molecule has 0 saturated heterocycles. The Bertz CT molecular complexity index is 642. The normalized spacial score (nSPS) is 10.4. The van der Waals surface area contributed by atoms with Crippen LogP contribution in [0.3, 0.4) is 0 Å². The van der Waals surface area contributed by atoms with Crippen LogP contribution in [0.1, 0.15) is 27.0 Å². The molecule has 3 nitrogen and oxygen atoms in total. The molecule has 0 aliphatic rings. The number of aromatic hydroxyl groups is 1. The number of hydrogen-bond acceptors (Lipinski definition) is 2. The minimum atomic E-state index is -0.122. The number of phenolic OH excluding ortho intramolecular Hbond substituents is 1. The monoisotopic (exact) mass is 269 g/mol. The molecule has 0 fully saturated rings. The van der Waals surface area contributed by atoms with Crippen LogP contribution in [0.5, 0.6) is 5.75 Å². The summed E-state index contributed by atoms with van der Waals surface area (Å²) in [5.41, 5.74) is 4.22. The highest BCUT2D eigenvalue weighted by molar-refractivity contribution is 6.07. The molecule has 0 spiro atoms. The first-order chi connectivity index (χ1) is 9.40. The van der Waals surface area contributed by atoms with Crippen molar-refractivity contribution in [2.45, 2.75) is 20.8 Å². The molecule has 0 atom stereocenters. The molecule has 3 heteroatoms. The minimum Gasteiger partial charge on any atom is -0.508 e. The summed E-state index contributed by atoms with van der Waals surface area (Å²) in [6.07, 6.45) is 0. The van der Waals surface area contributed by atoms with Gasteiger partial charge in [-0.1, -0.05) is 12.1 Å². The van der Waals surface area contributed by atoms with Crippen LogP contribution in [0, 0.1) is 20.8 Å². The van der Waals surface area contributed by atoms with Gasteiger partial charge in [-0.3, -0.25) is 4.79 Å². The molecule has 2 rings (SSSR count). The summed E-state index contributed by atoms with van der Waals surface area (Å²) in [7, 11) is 1.75. The van der Waals surface area contributed by atoms with Gasteiger partial charge in [0.05, 0.1) is 0 Å². The van der Waals surface area contributed by atoms with Gasteiger partial charge in [0, 0.05) is 23.9 Å². The first-order valence-electron chi connectivity index (χ1n) is 6.55. The van der Waals surface area contributed by atoms with E-state index >= 15 is 0 Å². The predicted molar refractivity (Wildman–Crippen MR) is 81.5 cm³/mol. The number of benzene rings is 2. The minimum absolute atomic E-state index is 0.122. The van der Waals surface area contributed by atoms with E-state index in [1.54, 1.807) is 37.1 Å². The van der Waals surface area contributed by atoms with Gasteiger partial charge < -0.3 is 10.0 Å². The lowest BCUT2D eigenvalue weighted by atomic mass is 10.1. The second kappa shape index (κ2) is 5.37. The number of carbonyl (C=O) groups is 1. The van der Waals surface area contributed by atoms with Crippen LogP contribution in [-0.4, -0.2) is 18.1 Å². The Morgan fingerprint density at radius 3 is 2.25 bits per heavy atom. The number of rotatable bonds is 2. The lowest BCUT2D eigenvalue weighted by Crippen LogP contribution is -2.27. The molecule has 1 N–H and O–H groups in total. The molecule has 2 aromatic carbocycles. The second-order valence-corrected chi connectivity index (χ2v) is 5.16. The summed E-state index contributed by atoms with van der Waals surface area (Å²) in [5.74, 6) is 0.0214. The highest BCUT2D eigenvalue weighted by Crippen LogP contribution is 2.24. The Morgan fingerprint density at radius 2 is 1.65 bits per heavy atom. The maximum Gasteiger partial charge on any atom is 0.258 e. The van der Waals surface area contributed by atoms with Crippen LogP contribution >= 0.6 is 0 Å². The molecule has 1 amide bonds. The molecule has 0 heterocycles. The average Bonchev–Trinajstić information content (AvgIpc) is 2.39. The van der Waals surface area contributed by atoms with Crippen molar-refractivity contribution in [1.82, 2.24) is 0 Å². The molecule has 0 aliphatic carbocycles. The third-order valence-corrected chi connectivity index (χ3v) is 3.43. The Hall–Kier alpha value is -2.29. The molecule has 0 aromatic heterocycles. The molecule has 104 valence electrons. The Kier molecular flexibility index (Phi) is 3.79. The maximum atomic E-state index is 12.6. The number of carbonyl (C=O) groups excluding carboxylic acids is 1. The van der Waals surface area contributed by atoms with E-state index in [1.165, 1.54) is 0 Å². The Labute approximate surface area is 119 Å². The third kappa shape index (κ3) is 2.67. The van der Waals surface area contributed by atoms with E-state index in [2.05, 4.69) is 6.07 Å². The zero-order valence-corrected chi connectivity index (χ0v) is 12.3. The van der Waals surface area contributed by atoms with Crippen molar-refractivity contribution in [3.8, 4) is 5.75 Å². The summed E-state index contributed by atoms with van der Waals surface area (Å²) >= 11 is 0. The quantitative estimate of drug-likeness (QED) is 0.905. The van der Waals surface area contributed by atoms with Crippen molar-refractivity contribution in [3.63, 3.8) is 0 Å². The van der Waals surface area contributed by atoms with Gasteiger partial charge in [0.1, 0.15) is 5.75 Å². The third-order valence-electron chi connectivity index (χ3n) is 3.43. The van der Waals surface area contributed by atoms with Crippen LogP contribution in [0.4, 0.5) is 5.69 Å². The van der Waals surface area contributed by atoms with Crippen LogP contribution < -0.4 is 4.90 Å². The number of phenols is 1. The Balaban J connectivity index is 2.40. The molecular weight excluding hydrogens is 250 g/mol. The second-order valence-electron chi connectivity index (χ2n) is 5.16. The van der Waals surface area contributed by atoms with Gasteiger partial charge >= 0.3 is 0 Å². The first-order valence-corrected chi connectivity index (χ1v) is 6.55. The summed E-state index contributed by atoms with van der Waals surface area (Å²) in [4.78, 5) is 14.2. The molecule has 0 radical (unpaired) electrons. The topological polar surface area (TPSA) is 40.5 Å². The van der Waals surface area contributed by atoms with Crippen LogP contribution in [0.25, 0.3) is 0 Å². The summed E-state index contributed by atoms with van der Waals surface area (Å²) in [6, 6.07) is 11.0. The molecule has 0 bridgehead atoms. The van der Waals surface area contributed by atoms with E-state index in [9.17, 15) is 9.90 Å².